The van der Waals surface area contributed by atoms with Crippen LogP contribution in [0.1, 0.15) is 41.2 Å². The van der Waals surface area contributed by atoms with Crippen LogP contribution < -0.4 is 5.32 Å². The number of halogens is 1. The Bertz CT molecular complexity index is 718. The van der Waals surface area contributed by atoms with Gasteiger partial charge < -0.3 is 10.4 Å². The predicted octanol–water partition coefficient (Wildman–Crippen LogP) is 2.88. The van der Waals surface area contributed by atoms with Crippen LogP contribution in [0.4, 0.5) is 4.39 Å². The molecule has 6 heteroatoms. The van der Waals surface area contributed by atoms with Gasteiger partial charge in [-0.1, -0.05) is 12.5 Å². The van der Waals surface area contributed by atoms with Gasteiger partial charge in [0.1, 0.15) is 0 Å². The molecule has 1 atom stereocenters. The fourth-order valence-electron chi connectivity index (χ4n) is 3.21. The van der Waals surface area contributed by atoms with Crippen molar-refractivity contribution in [1.29, 1.82) is 0 Å². The van der Waals surface area contributed by atoms with Crippen molar-refractivity contribution in [2.75, 3.05) is 19.6 Å². The van der Waals surface area contributed by atoms with E-state index in [4.69, 9.17) is 0 Å². The number of amides is 1. The normalized spacial score (nSPS) is 16.4. The van der Waals surface area contributed by atoms with Crippen LogP contribution in [0.25, 0.3) is 0 Å². The van der Waals surface area contributed by atoms with Gasteiger partial charge in [-0.05, 0) is 55.8 Å². The Morgan fingerprint density at radius 3 is 2.76 bits per heavy atom. The van der Waals surface area contributed by atoms with E-state index in [1.807, 2.05) is 18.3 Å². The number of carbonyl (C=O) groups excluding carboxylic acids is 1. The summed E-state index contributed by atoms with van der Waals surface area (Å²) in [6, 6.07) is 7.56. The zero-order valence-electron chi connectivity index (χ0n) is 14.0. The lowest BCUT2D eigenvalue weighted by molar-refractivity contribution is 0.0924. The van der Waals surface area contributed by atoms with Gasteiger partial charge in [0.05, 0.1) is 6.04 Å². The molecule has 2 N–H and O–H groups in total. The van der Waals surface area contributed by atoms with Crippen molar-refractivity contribution in [2.45, 2.75) is 25.3 Å². The predicted molar refractivity (Wildman–Crippen MR) is 92.8 cm³/mol. The molecule has 0 saturated carbocycles. The number of carbonyl (C=O) groups is 1. The van der Waals surface area contributed by atoms with E-state index in [0.717, 1.165) is 43.6 Å². The number of likely N-dealkylation sites (tertiary alicyclic amines) is 1. The first kappa shape index (κ1) is 17.4. The minimum Gasteiger partial charge on any atom is -0.505 e. The van der Waals surface area contributed by atoms with E-state index >= 15 is 0 Å². The van der Waals surface area contributed by atoms with E-state index in [1.54, 1.807) is 6.20 Å². The second kappa shape index (κ2) is 8.07. The quantitative estimate of drug-likeness (QED) is 0.876. The number of nitrogens with zero attached hydrogens (tertiary/aromatic N) is 2. The number of benzene rings is 1. The summed E-state index contributed by atoms with van der Waals surface area (Å²) in [5.74, 6) is -1.59. The standard InChI is InChI=1S/C19H22FN3O2/c20-16-7-6-14(11-18(16)24)19(25)22-13-17(15-5-4-8-21-12-15)23-9-2-1-3-10-23/h4-8,11-12,17,24H,1-3,9-10,13H2,(H,22,25). The van der Waals surface area contributed by atoms with Crippen LogP contribution in [0.2, 0.25) is 0 Å². The first-order valence-corrected chi connectivity index (χ1v) is 8.56. The summed E-state index contributed by atoms with van der Waals surface area (Å²) in [5.41, 5.74) is 1.30. The number of piperidine rings is 1. The van der Waals surface area contributed by atoms with Gasteiger partial charge in [-0.3, -0.25) is 14.7 Å². The molecule has 1 saturated heterocycles. The highest BCUT2D eigenvalue weighted by Gasteiger charge is 2.23. The van der Waals surface area contributed by atoms with Crippen molar-refractivity contribution in [3.63, 3.8) is 0 Å². The van der Waals surface area contributed by atoms with Crippen LogP contribution in [-0.2, 0) is 0 Å². The van der Waals surface area contributed by atoms with E-state index in [9.17, 15) is 14.3 Å². The maximum Gasteiger partial charge on any atom is 0.251 e. The molecule has 0 aliphatic carbocycles. The largest absolute Gasteiger partial charge is 0.505 e. The SMILES string of the molecule is O=C(NCC(c1cccnc1)N1CCCCC1)c1ccc(F)c(O)c1. The van der Waals surface area contributed by atoms with E-state index in [0.29, 0.717) is 6.54 Å². The number of aromatic hydroxyl groups is 1. The molecular weight excluding hydrogens is 321 g/mol. The summed E-state index contributed by atoms with van der Waals surface area (Å²) in [5, 5.41) is 12.3. The molecule has 0 bridgehead atoms. The molecule has 2 heterocycles. The summed E-state index contributed by atoms with van der Waals surface area (Å²) in [6.07, 6.45) is 7.09. The molecule has 1 aliphatic heterocycles. The molecule has 1 amide bonds. The number of hydrogen-bond donors (Lipinski definition) is 2. The Morgan fingerprint density at radius 2 is 2.08 bits per heavy atom. The topological polar surface area (TPSA) is 65.5 Å². The van der Waals surface area contributed by atoms with Crippen molar-refractivity contribution in [1.82, 2.24) is 15.2 Å². The molecule has 5 nitrogen and oxygen atoms in total. The van der Waals surface area contributed by atoms with E-state index in [1.165, 1.54) is 12.5 Å². The van der Waals surface area contributed by atoms with Crippen molar-refractivity contribution in [3.8, 4) is 5.75 Å². The molecule has 1 fully saturated rings. The van der Waals surface area contributed by atoms with Gasteiger partial charge in [0, 0.05) is 24.5 Å². The summed E-state index contributed by atoms with van der Waals surface area (Å²) < 4.78 is 13.1. The van der Waals surface area contributed by atoms with Gasteiger partial charge >= 0.3 is 0 Å². The lowest BCUT2D eigenvalue weighted by Crippen LogP contribution is -2.40. The smallest absolute Gasteiger partial charge is 0.251 e. The summed E-state index contributed by atoms with van der Waals surface area (Å²) in [6.45, 7) is 2.42. The van der Waals surface area contributed by atoms with E-state index < -0.39 is 11.6 Å². The van der Waals surface area contributed by atoms with Crippen LogP contribution in [-0.4, -0.2) is 40.5 Å². The minimum atomic E-state index is -0.738. The van der Waals surface area contributed by atoms with Crippen LogP contribution in [0.15, 0.2) is 42.7 Å². The maximum absolute atomic E-state index is 13.1. The Kier molecular flexibility index (Phi) is 5.60. The highest BCUT2D eigenvalue weighted by atomic mass is 19.1. The first-order chi connectivity index (χ1) is 12.1. The molecular formula is C19H22FN3O2. The van der Waals surface area contributed by atoms with Gasteiger partial charge in [-0.2, -0.15) is 0 Å². The molecule has 25 heavy (non-hydrogen) atoms. The highest BCUT2D eigenvalue weighted by molar-refractivity contribution is 5.94. The molecule has 1 unspecified atom stereocenters. The number of aromatic nitrogens is 1. The lowest BCUT2D eigenvalue weighted by Gasteiger charge is -2.34. The summed E-state index contributed by atoms with van der Waals surface area (Å²) in [7, 11) is 0. The number of phenols is 1. The molecule has 0 radical (unpaired) electrons. The Labute approximate surface area is 146 Å². The zero-order chi connectivity index (χ0) is 17.6. The average molecular weight is 343 g/mol. The van der Waals surface area contributed by atoms with Crippen LogP contribution in [0.3, 0.4) is 0 Å². The van der Waals surface area contributed by atoms with Crippen molar-refractivity contribution >= 4 is 5.91 Å². The Balaban J connectivity index is 1.71. The summed E-state index contributed by atoms with van der Waals surface area (Å²) in [4.78, 5) is 18.9. The number of rotatable bonds is 5. The molecule has 3 rings (SSSR count). The monoisotopic (exact) mass is 343 g/mol. The van der Waals surface area contributed by atoms with Gasteiger partial charge in [0.2, 0.25) is 0 Å². The average Bonchev–Trinajstić information content (AvgIpc) is 2.66. The van der Waals surface area contributed by atoms with Crippen LogP contribution >= 0.6 is 0 Å². The van der Waals surface area contributed by atoms with Gasteiger partial charge in [-0.25, -0.2) is 4.39 Å². The van der Waals surface area contributed by atoms with E-state index in [2.05, 4.69) is 15.2 Å². The Hall–Kier alpha value is -2.47. The molecule has 1 aromatic heterocycles. The van der Waals surface area contributed by atoms with Gasteiger partial charge in [0.25, 0.3) is 5.91 Å². The second-order valence-corrected chi connectivity index (χ2v) is 6.28. The number of nitrogens with one attached hydrogen (secondary N) is 1. The molecule has 1 aliphatic rings. The van der Waals surface area contributed by atoms with Crippen molar-refractivity contribution < 1.29 is 14.3 Å². The molecule has 132 valence electrons. The summed E-state index contributed by atoms with van der Waals surface area (Å²) >= 11 is 0. The second-order valence-electron chi connectivity index (χ2n) is 6.28. The maximum atomic E-state index is 13.1. The molecule has 0 spiro atoms. The van der Waals surface area contributed by atoms with Gasteiger partial charge in [0.15, 0.2) is 11.6 Å². The fraction of sp³-hybridized carbons (Fsp3) is 0.368. The third-order valence-corrected chi connectivity index (χ3v) is 4.56. The van der Waals surface area contributed by atoms with Crippen molar-refractivity contribution in [3.05, 3.63) is 59.7 Å². The number of hydrogen-bond acceptors (Lipinski definition) is 4. The zero-order valence-corrected chi connectivity index (χ0v) is 14.0. The molecule has 2 aromatic rings. The number of pyridine rings is 1. The van der Waals surface area contributed by atoms with Crippen LogP contribution in [0.5, 0.6) is 5.75 Å². The first-order valence-electron chi connectivity index (χ1n) is 8.56. The highest BCUT2D eigenvalue weighted by Crippen LogP contribution is 2.24. The van der Waals surface area contributed by atoms with Gasteiger partial charge in [-0.15, -0.1) is 0 Å². The third kappa shape index (κ3) is 4.33. The molecule has 1 aromatic carbocycles. The third-order valence-electron chi connectivity index (χ3n) is 4.56. The van der Waals surface area contributed by atoms with Crippen LogP contribution in [0, 0.1) is 5.82 Å². The Morgan fingerprint density at radius 1 is 1.28 bits per heavy atom. The van der Waals surface area contributed by atoms with Crippen molar-refractivity contribution in [2.24, 2.45) is 0 Å². The van der Waals surface area contributed by atoms with E-state index in [-0.39, 0.29) is 17.5 Å². The number of phenolic OH excluding ortho intramolecular Hbond substituents is 1. The fourth-order valence-corrected chi connectivity index (χ4v) is 3.21. The minimum absolute atomic E-state index is 0.0481. The lowest BCUT2D eigenvalue weighted by atomic mass is 10.0.